The summed E-state index contributed by atoms with van der Waals surface area (Å²) in [6.07, 6.45) is 1.08. The molecule has 1 amide bonds. The molecular formula is C12H13NO4S. The molecule has 0 saturated heterocycles. The summed E-state index contributed by atoms with van der Waals surface area (Å²) >= 11 is 0. The van der Waals surface area contributed by atoms with Crippen molar-refractivity contribution in [3.05, 3.63) is 36.1 Å². The van der Waals surface area contributed by atoms with Crippen LogP contribution in [0.4, 0.5) is 5.69 Å². The molecule has 0 fully saturated rings. The van der Waals surface area contributed by atoms with Gasteiger partial charge in [-0.05, 0) is 19.1 Å². The summed E-state index contributed by atoms with van der Waals surface area (Å²) in [6, 6.07) is 6.37. The van der Waals surface area contributed by atoms with Crippen molar-refractivity contribution >= 4 is 21.4 Å². The molecule has 1 heterocycles. The normalized spacial score (nSPS) is 18.3. The molecule has 0 unspecified atom stereocenters. The minimum absolute atomic E-state index is 0.0992. The Morgan fingerprint density at radius 1 is 1.39 bits per heavy atom. The molecule has 0 radical (unpaired) electrons. The minimum atomic E-state index is -3.31. The molecule has 0 aromatic heterocycles. The van der Waals surface area contributed by atoms with Crippen molar-refractivity contribution in [2.45, 2.75) is 11.8 Å². The van der Waals surface area contributed by atoms with Crippen LogP contribution in [0.25, 0.3) is 0 Å². The number of anilines is 1. The van der Waals surface area contributed by atoms with Crippen molar-refractivity contribution in [1.29, 1.82) is 0 Å². The van der Waals surface area contributed by atoms with Gasteiger partial charge < -0.3 is 10.0 Å². The number of aliphatic hydroxyl groups excluding tert-OH is 1. The summed E-state index contributed by atoms with van der Waals surface area (Å²) in [5.41, 5.74) is 0.367. The molecule has 6 heteroatoms. The van der Waals surface area contributed by atoms with E-state index in [9.17, 15) is 13.2 Å². The highest BCUT2D eigenvalue weighted by atomic mass is 32.2. The number of hydrogen-bond donors (Lipinski definition) is 1. The van der Waals surface area contributed by atoms with Gasteiger partial charge in [0.05, 0.1) is 22.1 Å². The van der Waals surface area contributed by atoms with Crippen LogP contribution in [0.3, 0.4) is 0 Å². The molecule has 0 aliphatic carbocycles. The van der Waals surface area contributed by atoms with Crippen LogP contribution in [0.2, 0.25) is 0 Å². The Kier molecular flexibility index (Phi) is 3.13. The molecular weight excluding hydrogens is 254 g/mol. The molecule has 5 nitrogen and oxygen atoms in total. The molecule has 0 spiro atoms. The van der Waals surface area contributed by atoms with E-state index in [2.05, 4.69) is 0 Å². The Morgan fingerprint density at radius 2 is 2.06 bits per heavy atom. The van der Waals surface area contributed by atoms with Crippen molar-refractivity contribution in [1.82, 2.24) is 0 Å². The number of hydrogen-bond acceptors (Lipinski definition) is 4. The summed E-state index contributed by atoms with van der Waals surface area (Å²) in [6.45, 7) is 1.49. The van der Waals surface area contributed by atoms with Gasteiger partial charge in [-0.15, -0.1) is 0 Å². The van der Waals surface area contributed by atoms with Gasteiger partial charge in [-0.1, -0.05) is 12.1 Å². The van der Waals surface area contributed by atoms with Gasteiger partial charge >= 0.3 is 0 Å². The van der Waals surface area contributed by atoms with Crippen molar-refractivity contribution in [3.8, 4) is 0 Å². The third-order valence-corrected chi connectivity index (χ3v) is 4.41. The number of carbonyl (C=O) groups is 1. The zero-order valence-electron chi connectivity index (χ0n) is 9.83. The monoisotopic (exact) mass is 267 g/mol. The average Bonchev–Trinajstić information content (AvgIpc) is 2.28. The van der Waals surface area contributed by atoms with Gasteiger partial charge in [-0.2, -0.15) is 0 Å². The number of fused-ring (bicyclic) bond motifs is 1. The standard InChI is InChI=1S/C12H13NO4S/c1-9(14)8-12(15)13-6-7-18(16,17)11-5-3-2-4-10(11)13/h2-5,8,14H,6-7H2,1H3/b9-8-. The number of aliphatic hydroxyl groups is 1. The maximum atomic E-state index is 11.9. The van der Waals surface area contributed by atoms with Crippen LogP contribution in [0.15, 0.2) is 41.0 Å². The highest BCUT2D eigenvalue weighted by Gasteiger charge is 2.30. The Labute approximate surface area is 105 Å². The highest BCUT2D eigenvalue weighted by Crippen LogP contribution is 2.30. The average molecular weight is 267 g/mol. The first-order valence-corrected chi connectivity index (χ1v) is 7.07. The second kappa shape index (κ2) is 4.45. The summed E-state index contributed by atoms with van der Waals surface area (Å²) in [7, 11) is -3.31. The van der Waals surface area contributed by atoms with E-state index < -0.39 is 15.7 Å². The van der Waals surface area contributed by atoms with Gasteiger partial charge in [-0.25, -0.2) is 8.42 Å². The van der Waals surface area contributed by atoms with Crippen molar-refractivity contribution in [2.75, 3.05) is 17.2 Å². The Balaban J connectivity index is 2.50. The van der Waals surface area contributed by atoms with Gasteiger partial charge in [0, 0.05) is 12.6 Å². The number of rotatable bonds is 1. The Bertz CT molecular complexity index is 615. The van der Waals surface area contributed by atoms with Crippen LogP contribution in [0.5, 0.6) is 0 Å². The van der Waals surface area contributed by atoms with Crippen LogP contribution >= 0.6 is 0 Å². The number of sulfone groups is 1. The molecule has 2 rings (SSSR count). The maximum Gasteiger partial charge on any atom is 0.254 e. The van der Waals surface area contributed by atoms with Crippen molar-refractivity contribution in [3.63, 3.8) is 0 Å². The molecule has 18 heavy (non-hydrogen) atoms. The Morgan fingerprint density at radius 3 is 2.72 bits per heavy atom. The van der Waals surface area contributed by atoms with Crippen LogP contribution in [-0.2, 0) is 14.6 Å². The van der Waals surface area contributed by atoms with Crippen LogP contribution in [-0.4, -0.2) is 31.7 Å². The van der Waals surface area contributed by atoms with E-state index in [1.807, 2.05) is 0 Å². The first kappa shape index (κ1) is 12.6. The number of amides is 1. The molecule has 1 aliphatic rings. The van der Waals surface area contributed by atoms with E-state index in [4.69, 9.17) is 5.11 Å². The van der Waals surface area contributed by atoms with E-state index in [-0.39, 0.29) is 23.0 Å². The second-order valence-electron chi connectivity index (χ2n) is 4.06. The summed E-state index contributed by atoms with van der Waals surface area (Å²) in [4.78, 5) is 13.4. The van der Waals surface area contributed by atoms with Gasteiger partial charge in [0.1, 0.15) is 0 Å². The van der Waals surface area contributed by atoms with Crippen LogP contribution < -0.4 is 4.90 Å². The molecule has 0 atom stereocenters. The van der Waals surface area contributed by atoms with Crippen LogP contribution in [0.1, 0.15) is 6.92 Å². The van der Waals surface area contributed by atoms with E-state index in [1.54, 1.807) is 18.2 Å². The number of carbonyl (C=O) groups excluding carboxylic acids is 1. The zero-order chi connectivity index (χ0) is 13.3. The summed E-state index contributed by atoms with van der Waals surface area (Å²) in [5, 5.41) is 9.10. The van der Waals surface area contributed by atoms with Crippen molar-refractivity contribution in [2.24, 2.45) is 0 Å². The lowest BCUT2D eigenvalue weighted by Gasteiger charge is -2.28. The molecule has 0 bridgehead atoms. The van der Waals surface area contributed by atoms with Crippen molar-refractivity contribution < 1.29 is 18.3 Å². The van der Waals surface area contributed by atoms with Gasteiger partial charge in [-0.3, -0.25) is 4.79 Å². The number of nitrogens with zero attached hydrogens (tertiary/aromatic N) is 1. The fourth-order valence-corrected chi connectivity index (χ4v) is 3.30. The van der Waals surface area contributed by atoms with E-state index >= 15 is 0 Å². The molecule has 1 aliphatic heterocycles. The topological polar surface area (TPSA) is 74.7 Å². The smallest absolute Gasteiger partial charge is 0.254 e. The van der Waals surface area contributed by atoms with Crippen LogP contribution in [0, 0.1) is 0 Å². The second-order valence-corrected chi connectivity index (χ2v) is 6.14. The minimum Gasteiger partial charge on any atom is -0.512 e. The number of benzene rings is 1. The summed E-state index contributed by atoms with van der Waals surface area (Å²) < 4.78 is 23.7. The zero-order valence-corrected chi connectivity index (χ0v) is 10.6. The largest absolute Gasteiger partial charge is 0.512 e. The third-order valence-electron chi connectivity index (χ3n) is 2.67. The first-order chi connectivity index (χ1) is 8.42. The predicted molar refractivity (Wildman–Crippen MR) is 67.2 cm³/mol. The lowest BCUT2D eigenvalue weighted by Crippen LogP contribution is -2.39. The van der Waals surface area contributed by atoms with Gasteiger partial charge in [0.15, 0.2) is 9.84 Å². The Hall–Kier alpha value is -1.82. The molecule has 1 N–H and O–H groups in total. The number of allylic oxidation sites excluding steroid dienone is 1. The molecule has 96 valence electrons. The lowest BCUT2D eigenvalue weighted by molar-refractivity contribution is -0.114. The fourth-order valence-electron chi connectivity index (χ4n) is 1.87. The lowest BCUT2D eigenvalue weighted by atomic mass is 10.2. The predicted octanol–water partition coefficient (Wildman–Crippen LogP) is 1.27. The fraction of sp³-hybridized carbons (Fsp3) is 0.250. The maximum absolute atomic E-state index is 11.9. The molecule has 0 saturated carbocycles. The molecule has 1 aromatic rings. The van der Waals surface area contributed by atoms with E-state index in [1.165, 1.54) is 17.9 Å². The molecule has 1 aromatic carbocycles. The van der Waals surface area contributed by atoms with Gasteiger partial charge in [0.25, 0.3) is 5.91 Å². The highest BCUT2D eigenvalue weighted by molar-refractivity contribution is 7.91. The quantitative estimate of drug-likeness (QED) is 0.614. The SMILES string of the molecule is C/C(O)=C/C(=O)N1CCS(=O)(=O)c2ccccc21. The third kappa shape index (κ3) is 2.24. The summed E-state index contributed by atoms with van der Waals surface area (Å²) in [5.74, 6) is -0.628. The van der Waals surface area contributed by atoms with E-state index in [0.29, 0.717) is 5.69 Å². The first-order valence-electron chi connectivity index (χ1n) is 5.42. The number of para-hydroxylation sites is 1. The van der Waals surface area contributed by atoms with E-state index in [0.717, 1.165) is 6.08 Å². The van der Waals surface area contributed by atoms with Gasteiger partial charge in [0.2, 0.25) is 0 Å².